The first-order valence-corrected chi connectivity index (χ1v) is 12.8. The maximum Gasteiger partial charge on any atom is 0.253 e. The Morgan fingerprint density at radius 1 is 0.886 bits per heavy atom. The summed E-state index contributed by atoms with van der Waals surface area (Å²) in [6, 6.07) is 17.0. The van der Waals surface area contributed by atoms with Crippen LogP contribution in [-0.4, -0.2) is 41.9 Å². The van der Waals surface area contributed by atoms with Crippen LogP contribution in [0.4, 0.5) is 5.69 Å². The number of hydrogen-bond donors (Lipinski definition) is 1. The molecule has 0 aliphatic heterocycles. The van der Waals surface area contributed by atoms with E-state index in [4.69, 9.17) is 25.8 Å². The molecule has 0 spiro atoms. The summed E-state index contributed by atoms with van der Waals surface area (Å²) in [7, 11) is 0.667. The summed E-state index contributed by atoms with van der Waals surface area (Å²) in [5, 5.41) is 3.38. The maximum atomic E-state index is 13.3. The number of carbonyl (C=O) groups is 1. The first kappa shape index (κ1) is 26.2. The molecule has 0 fully saturated rings. The monoisotopic (exact) mass is 518 g/mol. The predicted octanol–water partition coefficient (Wildman–Crippen LogP) is 4.26. The molecule has 0 aliphatic carbocycles. The molecule has 3 aromatic carbocycles. The van der Waals surface area contributed by atoms with Crippen molar-refractivity contribution in [2.45, 2.75) is 13.1 Å². The third-order valence-corrected chi connectivity index (χ3v) is 6.65. The van der Waals surface area contributed by atoms with Gasteiger partial charge in [0.25, 0.3) is 5.91 Å². The van der Waals surface area contributed by atoms with Gasteiger partial charge in [0, 0.05) is 17.6 Å². The molecule has 0 atom stereocenters. The van der Waals surface area contributed by atoms with Gasteiger partial charge in [-0.2, -0.15) is 0 Å². The van der Waals surface area contributed by atoms with Gasteiger partial charge < -0.3 is 19.5 Å². The van der Waals surface area contributed by atoms with Gasteiger partial charge in [0.2, 0.25) is 10.0 Å². The van der Waals surface area contributed by atoms with Gasteiger partial charge in [-0.1, -0.05) is 35.9 Å². The van der Waals surface area contributed by atoms with Gasteiger partial charge in [-0.15, -0.1) is 0 Å². The smallest absolute Gasteiger partial charge is 0.253 e. The second kappa shape index (κ2) is 11.3. The minimum absolute atomic E-state index is 0.00968. The number of halogens is 1. The molecule has 3 rings (SSSR count). The van der Waals surface area contributed by atoms with Crippen molar-refractivity contribution in [3.63, 3.8) is 0 Å². The van der Waals surface area contributed by atoms with Gasteiger partial charge in [-0.05, 0) is 41.5 Å². The lowest BCUT2D eigenvalue weighted by molar-refractivity contribution is 0.0951. The van der Waals surface area contributed by atoms with Crippen LogP contribution in [0.5, 0.6) is 17.2 Å². The second-order valence-corrected chi connectivity index (χ2v) is 9.99. The number of sulfonamides is 1. The largest absolute Gasteiger partial charge is 0.497 e. The number of hydrogen-bond acceptors (Lipinski definition) is 6. The molecular weight excluding hydrogens is 492 g/mol. The Morgan fingerprint density at radius 2 is 1.46 bits per heavy atom. The van der Waals surface area contributed by atoms with E-state index < -0.39 is 15.9 Å². The van der Waals surface area contributed by atoms with Gasteiger partial charge in [-0.25, -0.2) is 8.42 Å². The normalized spacial score (nSPS) is 11.0. The van der Waals surface area contributed by atoms with Crippen LogP contribution < -0.4 is 23.8 Å². The second-order valence-electron chi connectivity index (χ2n) is 7.65. The fourth-order valence-corrected chi connectivity index (χ4v) is 4.43. The molecule has 8 nitrogen and oxygen atoms in total. The Hall–Kier alpha value is -3.43. The Morgan fingerprint density at radius 3 is 2.00 bits per heavy atom. The summed E-state index contributed by atoms with van der Waals surface area (Å²) in [5.41, 5.74) is 1.82. The molecule has 0 heterocycles. The number of carbonyl (C=O) groups excluding carboxylic acids is 1. The molecular formula is C25H27ClN2O6S. The summed E-state index contributed by atoms with van der Waals surface area (Å²) in [6.07, 6.45) is 1.08. The molecule has 0 aromatic heterocycles. The lowest BCUT2D eigenvalue weighted by atomic mass is 10.1. The first-order valence-electron chi connectivity index (χ1n) is 10.6. The Labute approximate surface area is 210 Å². The van der Waals surface area contributed by atoms with Crippen LogP contribution in [0.15, 0.2) is 60.7 Å². The van der Waals surface area contributed by atoms with Crippen molar-refractivity contribution in [2.24, 2.45) is 0 Å². The number of ether oxygens (including phenoxy) is 3. The van der Waals surface area contributed by atoms with Crippen LogP contribution in [0.25, 0.3) is 0 Å². The Bertz CT molecular complexity index is 1280. The zero-order valence-corrected chi connectivity index (χ0v) is 21.4. The molecule has 0 radical (unpaired) electrons. The van der Waals surface area contributed by atoms with Crippen LogP contribution in [-0.2, 0) is 23.1 Å². The zero-order chi connectivity index (χ0) is 25.6. The van der Waals surface area contributed by atoms with E-state index >= 15 is 0 Å². The molecule has 0 saturated heterocycles. The van der Waals surface area contributed by atoms with E-state index in [2.05, 4.69) is 5.32 Å². The summed E-state index contributed by atoms with van der Waals surface area (Å²) in [6.45, 7) is 0.219. The van der Waals surface area contributed by atoms with Gasteiger partial charge in [0.1, 0.15) is 5.75 Å². The number of benzene rings is 3. The topological polar surface area (TPSA) is 94.2 Å². The molecule has 1 N–H and O–H groups in total. The van der Waals surface area contributed by atoms with Crippen LogP contribution in [0.1, 0.15) is 21.5 Å². The minimum Gasteiger partial charge on any atom is -0.497 e. The van der Waals surface area contributed by atoms with Gasteiger partial charge >= 0.3 is 0 Å². The van der Waals surface area contributed by atoms with E-state index in [0.29, 0.717) is 27.8 Å². The average molecular weight is 519 g/mol. The number of nitrogens with zero attached hydrogens (tertiary/aromatic N) is 1. The molecule has 0 saturated carbocycles. The van der Waals surface area contributed by atoms with E-state index in [1.54, 1.807) is 43.5 Å². The molecule has 0 aliphatic rings. The van der Waals surface area contributed by atoms with Gasteiger partial charge in [0.05, 0.1) is 45.4 Å². The predicted molar refractivity (Wildman–Crippen MR) is 136 cm³/mol. The standard InChI is InChI=1S/C25H27ClN2O6S/c1-32-20-11-7-17(8-12-20)15-27-25(29)21-13-23(33-2)24(34-3)14-22(21)28(35(4,30)31)16-18-5-9-19(26)10-6-18/h5-14H,15-16H2,1-4H3,(H,27,29). The summed E-state index contributed by atoms with van der Waals surface area (Å²) < 4.78 is 42.8. The highest BCUT2D eigenvalue weighted by molar-refractivity contribution is 7.92. The highest BCUT2D eigenvalue weighted by atomic mass is 35.5. The third-order valence-electron chi connectivity index (χ3n) is 5.27. The fraction of sp³-hybridized carbons (Fsp3) is 0.240. The van der Waals surface area contributed by atoms with Crippen LogP contribution in [0.3, 0.4) is 0 Å². The highest BCUT2D eigenvalue weighted by Gasteiger charge is 2.26. The van der Waals surface area contributed by atoms with Crippen molar-refractivity contribution in [1.29, 1.82) is 0 Å². The van der Waals surface area contributed by atoms with E-state index in [1.165, 1.54) is 26.4 Å². The molecule has 10 heteroatoms. The lowest BCUT2D eigenvalue weighted by Crippen LogP contribution is -2.32. The van der Waals surface area contributed by atoms with Crippen molar-refractivity contribution in [2.75, 3.05) is 31.9 Å². The first-order chi connectivity index (χ1) is 16.7. The van der Waals surface area contributed by atoms with Crippen LogP contribution in [0.2, 0.25) is 5.02 Å². The van der Waals surface area contributed by atoms with E-state index in [-0.39, 0.29) is 24.3 Å². The lowest BCUT2D eigenvalue weighted by Gasteiger charge is -2.26. The minimum atomic E-state index is -3.79. The van der Waals surface area contributed by atoms with Crippen molar-refractivity contribution >= 4 is 33.2 Å². The summed E-state index contributed by atoms with van der Waals surface area (Å²) in [5.74, 6) is 0.819. The number of amides is 1. The number of methoxy groups -OCH3 is 3. The number of rotatable bonds is 10. The molecule has 186 valence electrons. The quantitative estimate of drug-likeness (QED) is 0.431. The third kappa shape index (κ3) is 6.58. The van der Waals surface area contributed by atoms with E-state index in [9.17, 15) is 13.2 Å². The van der Waals surface area contributed by atoms with E-state index in [1.807, 2.05) is 12.1 Å². The molecule has 35 heavy (non-hydrogen) atoms. The fourth-order valence-electron chi connectivity index (χ4n) is 3.41. The Balaban J connectivity index is 2.01. The summed E-state index contributed by atoms with van der Waals surface area (Å²) in [4.78, 5) is 13.3. The Kier molecular flexibility index (Phi) is 8.48. The number of anilines is 1. The SMILES string of the molecule is COc1ccc(CNC(=O)c2cc(OC)c(OC)cc2N(Cc2ccc(Cl)cc2)S(C)(=O)=O)cc1. The van der Waals surface area contributed by atoms with Crippen molar-refractivity contribution < 1.29 is 27.4 Å². The van der Waals surface area contributed by atoms with Gasteiger partial charge in [-0.3, -0.25) is 9.10 Å². The van der Waals surface area contributed by atoms with Crippen molar-refractivity contribution in [3.8, 4) is 17.2 Å². The highest BCUT2D eigenvalue weighted by Crippen LogP contribution is 2.37. The van der Waals surface area contributed by atoms with E-state index in [0.717, 1.165) is 16.1 Å². The summed E-state index contributed by atoms with van der Waals surface area (Å²) >= 11 is 5.97. The van der Waals surface area contributed by atoms with Crippen LogP contribution >= 0.6 is 11.6 Å². The van der Waals surface area contributed by atoms with Crippen molar-refractivity contribution in [1.82, 2.24) is 5.32 Å². The maximum absolute atomic E-state index is 13.3. The van der Waals surface area contributed by atoms with Crippen molar-refractivity contribution in [3.05, 3.63) is 82.4 Å². The number of nitrogens with one attached hydrogen (secondary N) is 1. The molecule has 0 bridgehead atoms. The molecule has 0 unspecified atom stereocenters. The average Bonchev–Trinajstić information content (AvgIpc) is 2.85. The van der Waals surface area contributed by atoms with Gasteiger partial charge in [0.15, 0.2) is 11.5 Å². The van der Waals surface area contributed by atoms with Crippen LogP contribution in [0, 0.1) is 0 Å². The molecule has 1 amide bonds. The molecule has 3 aromatic rings. The zero-order valence-electron chi connectivity index (χ0n) is 19.9.